The largest absolute Gasteiger partial charge is 0.454 e. The molecule has 0 N–H and O–H groups in total. The van der Waals surface area contributed by atoms with E-state index in [4.69, 9.17) is 4.74 Å². The third kappa shape index (κ3) is 2.82. The number of rotatable bonds is 1. The average Bonchev–Trinajstić information content (AvgIpc) is 2.31. The van der Waals surface area contributed by atoms with Gasteiger partial charge in [0, 0.05) is 6.07 Å². The van der Waals surface area contributed by atoms with E-state index in [1.807, 2.05) is 0 Å². The van der Waals surface area contributed by atoms with E-state index >= 15 is 0 Å². The number of esters is 1. The fraction of sp³-hybridized carbons (Fsp3) is 0.444. The summed E-state index contributed by atoms with van der Waals surface area (Å²) in [4.78, 5) is 11.2. The summed E-state index contributed by atoms with van der Waals surface area (Å²) >= 11 is 0. The molecule has 0 atom stereocenters. The maximum atomic E-state index is 11.2. The van der Waals surface area contributed by atoms with Gasteiger partial charge in [0.05, 0.1) is 0 Å². The summed E-state index contributed by atoms with van der Waals surface area (Å²) in [7, 11) is 0. The smallest absolute Gasteiger partial charge is 0.374 e. The van der Waals surface area contributed by atoms with Crippen molar-refractivity contribution in [3.05, 3.63) is 18.1 Å². The zero-order valence-corrected chi connectivity index (χ0v) is 7.79. The second kappa shape index (κ2) is 3.12. The molecule has 0 bridgehead atoms. The van der Waals surface area contributed by atoms with Crippen LogP contribution >= 0.6 is 0 Å². The Morgan fingerprint density at radius 2 is 2.08 bits per heavy atom. The molecule has 1 rings (SSSR count). The summed E-state index contributed by atoms with van der Waals surface area (Å²) in [6.07, 6.45) is 0.971. The molecule has 4 heteroatoms. The van der Waals surface area contributed by atoms with Crippen LogP contribution in [-0.4, -0.2) is 11.6 Å². The molecule has 1 aromatic heterocycles. The van der Waals surface area contributed by atoms with Crippen molar-refractivity contribution in [3.63, 3.8) is 0 Å². The topological polar surface area (TPSA) is 59.3 Å². The van der Waals surface area contributed by atoms with Crippen LogP contribution in [0.2, 0.25) is 0 Å². The molecule has 0 aliphatic carbocycles. The first kappa shape index (κ1) is 9.64. The summed E-state index contributed by atoms with van der Waals surface area (Å²) in [5, 5.41) is 10.7. The maximum absolute atomic E-state index is 11.2. The second-order valence-corrected chi connectivity index (χ2v) is 3.65. The molecule has 0 unspecified atom stereocenters. The number of hydrogen-bond acceptors (Lipinski definition) is 3. The minimum Gasteiger partial charge on any atom is -0.454 e. The van der Waals surface area contributed by atoms with Crippen LogP contribution in [-0.2, 0) is 9.84 Å². The molecule has 0 aliphatic rings. The highest BCUT2D eigenvalue weighted by Gasteiger charge is 2.20. The molecule has 13 heavy (non-hydrogen) atoms. The van der Waals surface area contributed by atoms with Gasteiger partial charge in [0.25, 0.3) is 0 Å². The zero-order chi connectivity index (χ0) is 10.1. The lowest BCUT2D eigenvalue weighted by Crippen LogP contribution is -2.23. The van der Waals surface area contributed by atoms with Gasteiger partial charge in [-0.1, -0.05) is 0 Å². The Kier molecular flexibility index (Phi) is 2.32. The quantitative estimate of drug-likeness (QED) is 0.628. The maximum Gasteiger partial charge on any atom is 0.374 e. The van der Waals surface area contributed by atoms with Gasteiger partial charge in [0.1, 0.15) is 11.9 Å². The average molecular weight is 183 g/mol. The Labute approximate surface area is 76.1 Å². The monoisotopic (exact) mass is 183 g/mol. The van der Waals surface area contributed by atoms with Crippen molar-refractivity contribution in [2.75, 3.05) is 0 Å². The second-order valence-electron chi connectivity index (χ2n) is 3.65. The minimum absolute atomic E-state index is 0.0556. The molecule has 1 aromatic rings. The first-order chi connectivity index (χ1) is 5.88. The predicted molar refractivity (Wildman–Crippen MR) is 44.0 cm³/mol. The molecule has 0 saturated heterocycles. The van der Waals surface area contributed by atoms with Crippen molar-refractivity contribution in [1.82, 2.24) is 0 Å². The summed E-state index contributed by atoms with van der Waals surface area (Å²) in [5.74, 6) is -1.00. The predicted octanol–water partition coefficient (Wildman–Crippen LogP) is 2.38. The molecule has 71 valence electrons. The molecular weight excluding hydrogens is 172 g/mol. The Bertz CT molecular complexity index is 306. The standard InChI is InChI=1S/C9H11O4/c1-9(2,3)13-8(11)7-4-6(10)5-12-7/h4-5H,1-3H3. The SMILES string of the molecule is CC(C)(C)OC(=O)c1cc([O])co1. The first-order valence-electron chi connectivity index (χ1n) is 3.87. The van der Waals surface area contributed by atoms with Gasteiger partial charge >= 0.3 is 5.97 Å². The van der Waals surface area contributed by atoms with Crippen LogP contribution in [0, 0.1) is 0 Å². The van der Waals surface area contributed by atoms with Crippen molar-refractivity contribution >= 4 is 5.97 Å². The number of hydrogen-bond donors (Lipinski definition) is 0. The zero-order valence-electron chi connectivity index (χ0n) is 7.79. The van der Waals surface area contributed by atoms with Gasteiger partial charge in [-0.25, -0.2) is 4.79 Å². The van der Waals surface area contributed by atoms with Crippen LogP contribution in [0.4, 0.5) is 0 Å². The molecular formula is C9H11O4. The number of ether oxygens (including phenoxy) is 1. The van der Waals surface area contributed by atoms with Crippen LogP contribution in [0.3, 0.4) is 0 Å². The molecule has 0 aliphatic heterocycles. The molecule has 1 radical (unpaired) electrons. The van der Waals surface area contributed by atoms with Crippen molar-refractivity contribution in [2.45, 2.75) is 26.4 Å². The number of carbonyl (C=O) groups is 1. The van der Waals surface area contributed by atoms with Gasteiger partial charge in [-0.15, -0.1) is 0 Å². The van der Waals surface area contributed by atoms with Gasteiger partial charge in [-0.3, -0.25) is 5.11 Å². The minimum atomic E-state index is -0.616. The molecule has 0 amide bonds. The van der Waals surface area contributed by atoms with Crippen LogP contribution in [0.25, 0.3) is 0 Å². The third-order valence-electron chi connectivity index (χ3n) is 1.18. The summed E-state index contributed by atoms with van der Waals surface area (Å²) in [6, 6.07) is 1.11. The van der Waals surface area contributed by atoms with Crippen LogP contribution in [0.5, 0.6) is 5.75 Å². The highest BCUT2D eigenvalue weighted by Crippen LogP contribution is 2.17. The van der Waals surface area contributed by atoms with E-state index in [1.54, 1.807) is 20.8 Å². The lowest BCUT2D eigenvalue weighted by Gasteiger charge is -2.18. The fourth-order valence-corrected chi connectivity index (χ4v) is 0.754. The molecule has 0 saturated carbocycles. The van der Waals surface area contributed by atoms with E-state index in [2.05, 4.69) is 4.42 Å². The first-order valence-corrected chi connectivity index (χ1v) is 3.87. The lowest BCUT2D eigenvalue weighted by atomic mass is 10.2. The lowest BCUT2D eigenvalue weighted by molar-refractivity contribution is 0.00360. The molecule has 0 fully saturated rings. The Balaban J connectivity index is 2.70. The van der Waals surface area contributed by atoms with Gasteiger partial charge in [0.15, 0.2) is 0 Å². The summed E-state index contributed by atoms with van der Waals surface area (Å²) < 4.78 is 9.65. The van der Waals surface area contributed by atoms with Crippen molar-refractivity contribution < 1.29 is 19.1 Å². The van der Waals surface area contributed by atoms with Gasteiger partial charge in [0.2, 0.25) is 11.5 Å². The van der Waals surface area contributed by atoms with E-state index < -0.39 is 11.6 Å². The van der Waals surface area contributed by atoms with Crippen molar-refractivity contribution in [2.24, 2.45) is 0 Å². The van der Waals surface area contributed by atoms with Crippen molar-refractivity contribution in [3.8, 4) is 5.75 Å². The highest BCUT2D eigenvalue weighted by molar-refractivity contribution is 5.87. The summed E-state index contributed by atoms with van der Waals surface area (Å²) in [5.41, 5.74) is -0.576. The van der Waals surface area contributed by atoms with Crippen LogP contribution in [0.15, 0.2) is 16.7 Å². The van der Waals surface area contributed by atoms with Crippen LogP contribution in [0.1, 0.15) is 31.3 Å². The van der Waals surface area contributed by atoms with E-state index in [1.165, 1.54) is 0 Å². The number of carbonyl (C=O) groups excluding carboxylic acids is 1. The van der Waals surface area contributed by atoms with Gasteiger partial charge in [-0.05, 0) is 20.8 Å². The third-order valence-corrected chi connectivity index (χ3v) is 1.18. The van der Waals surface area contributed by atoms with E-state index in [0.29, 0.717) is 0 Å². The van der Waals surface area contributed by atoms with E-state index in [9.17, 15) is 9.90 Å². The Morgan fingerprint density at radius 1 is 1.46 bits per heavy atom. The molecule has 1 heterocycles. The van der Waals surface area contributed by atoms with Crippen LogP contribution < -0.4 is 0 Å². The fourth-order valence-electron chi connectivity index (χ4n) is 0.754. The van der Waals surface area contributed by atoms with E-state index in [-0.39, 0.29) is 11.5 Å². The highest BCUT2D eigenvalue weighted by atomic mass is 16.6. The normalized spacial score (nSPS) is 11.3. The molecule has 0 spiro atoms. The molecule has 4 nitrogen and oxygen atoms in total. The van der Waals surface area contributed by atoms with Gasteiger partial charge in [-0.2, -0.15) is 0 Å². The summed E-state index contributed by atoms with van der Waals surface area (Å²) in [6.45, 7) is 5.23. The van der Waals surface area contributed by atoms with Gasteiger partial charge < -0.3 is 9.15 Å². The molecule has 0 aromatic carbocycles. The Hall–Kier alpha value is -1.45. The Morgan fingerprint density at radius 3 is 2.46 bits per heavy atom. The van der Waals surface area contributed by atoms with E-state index in [0.717, 1.165) is 12.3 Å². The number of furan rings is 1. The van der Waals surface area contributed by atoms with Crippen molar-refractivity contribution in [1.29, 1.82) is 0 Å².